The molecule has 0 unspecified atom stereocenters. The summed E-state index contributed by atoms with van der Waals surface area (Å²) in [7, 11) is 2.10. The number of fused-ring (bicyclic) bond motifs is 1. The van der Waals surface area contributed by atoms with E-state index in [1.807, 2.05) is 18.2 Å². The van der Waals surface area contributed by atoms with Crippen molar-refractivity contribution < 1.29 is 14.3 Å². The second kappa shape index (κ2) is 5.29. The van der Waals surface area contributed by atoms with E-state index < -0.39 is 5.97 Å². The monoisotopic (exact) mass is 275 g/mol. The highest BCUT2D eigenvalue weighted by Gasteiger charge is 2.21. The normalized spacial score (nSPS) is 12.2. The molecule has 2 rings (SSSR count). The molecule has 0 aliphatic rings. The molecule has 0 fully saturated rings. The number of hydrogen-bond acceptors (Lipinski definition) is 3. The molecule has 0 aliphatic carbocycles. The van der Waals surface area contributed by atoms with Crippen LogP contribution in [0.1, 0.15) is 43.3 Å². The largest absolute Gasteiger partial charge is 0.475 e. The van der Waals surface area contributed by atoms with Crippen LogP contribution in [0.2, 0.25) is 0 Å². The van der Waals surface area contributed by atoms with Gasteiger partial charge in [0.05, 0.1) is 0 Å². The molecule has 1 aromatic carbocycles. The average molecular weight is 275 g/mol. The van der Waals surface area contributed by atoms with Crippen molar-refractivity contribution in [2.75, 3.05) is 7.05 Å². The minimum absolute atomic E-state index is 0.0145. The molecule has 20 heavy (non-hydrogen) atoms. The van der Waals surface area contributed by atoms with E-state index in [4.69, 9.17) is 9.52 Å². The Hall–Kier alpha value is -1.81. The van der Waals surface area contributed by atoms with Crippen LogP contribution < -0.4 is 0 Å². The lowest BCUT2D eigenvalue weighted by Crippen LogP contribution is -2.39. The van der Waals surface area contributed by atoms with Crippen molar-refractivity contribution in [1.82, 2.24) is 4.90 Å². The zero-order chi connectivity index (χ0) is 14.9. The van der Waals surface area contributed by atoms with E-state index in [1.165, 1.54) is 0 Å². The van der Waals surface area contributed by atoms with Gasteiger partial charge in [0.25, 0.3) is 0 Å². The van der Waals surface area contributed by atoms with Gasteiger partial charge in [0.15, 0.2) is 0 Å². The number of carbonyl (C=O) groups is 1. The number of carboxylic acid groups (broad SMARTS) is 1. The third-order valence-corrected chi connectivity index (χ3v) is 4.11. The van der Waals surface area contributed by atoms with Gasteiger partial charge in [-0.3, -0.25) is 4.90 Å². The van der Waals surface area contributed by atoms with Crippen molar-refractivity contribution in [2.24, 2.45) is 0 Å². The van der Waals surface area contributed by atoms with Crippen molar-refractivity contribution in [3.63, 3.8) is 0 Å². The van der Waals surface area contributed by atoms with Gasteiger partial charge in [-0.05, 0) is 51.1 Å². The quantitative estimate of drug-likeness (QED) is 0.903. The van der Waals surface area contributed by atoms with Crippen LogP contribution in [0.15, 0.2) is 28.7 Å². The van der Waals surface area contributed by atoms with Gasteiger partial charge in [0, 0.05) is 17.5 Å². The highest BCUT2D eigenvalue weighted by molar-refractivity contribution is 5.91. The minimum Gasteiger partial charge on any atom is -0.475 e. The molecule has 108 valence electrons. The molecule has 0 bridgehead atoms. The van der Waals surface area contributed by atoms with Crippen LogP contribution in [-0.2, 0) is 6.54 Å². The Labute approximate surface area is 119 Å². The number of rotatable bonds is 5. The third kappa shape index (κ3) is 2.85. The maximum Gasteiger partial charge on any atom is 0.371 e. The number of hydrogen-bond donors (Lipinski definition) is 1. The first-order valence-electron chi connectivity index (χ1n) is 6.80. The summed E-state index contributed by atoms with van der Waals surface area (Å²) >= 11 is 0. The predicted octanol–water partition coefficient (Wildman–Crippen LogP) is 3.75. The molecule has 0 saturated carbocycles. The molecule has 4 nitrogen and oxygen atoms in total. The van der Waals surface area contributed by atoms with E-state index in [2.05, 4.69) is 32.7 Å². The third-order valence-electron chi connectivity index (χ3n) is 4.11. The van der Waals surface area contributed by atoms with Crippen LogP contribution in [0.5, 0.6) is 0 Å². The molecule has 0 atom stereocenters. The predicted molar refractivity (Wildman–Crippen MR) is 79.0 cm³/mol. The van der Waals surface area contributed by atoms with Crippen LogP contribution in [-0.4, -0.2) is 28.6 Å². The first-order chi connectivity index (χ1) is 9.33. The SMILES string of the molecule is CCC(C)(C)N(C)Cc1ccc2oc(C(=O)O)cc2c1. The summed E-state index contributed by atoms with van der Waals surface area (Å²) in [5.74, 6) is -1.05. The molecule has 1 N–H and O–H groups in total. The Morgan fingerprint density at radius 3 is 2.65 bits per heavy atom. The van der Waals surface area contributed by atoms with E-state index in [0.29, 0.717) is 5.58 Å². The second-order valence-corrected chi connectivity index (χ2v) is 5.81. The smallest absolute Gasteiger partial charge is 0.371 e. The fourth-order valence-electron chi connectivity index (χ4n) is 2.05. The van der Waals surface area contributed by atoms with Crippen molar-refractivity contribution in [3.05, 3.63) is 35.6 Å². The molecule has 1 aromatic heterocycles. The second-order valence-electron chi connectivity index (χ2n) is 5.81. The van der Waals surface area contributed by atoms with Crippen LogP contribution in [0.4, 0.5) is 0 Å². The molecule has 0 spiro atoms. The zero-order valence-corrected chi connectivity index (χ0v) is 12.4. The molecule has 0 radical (unpaired) electrons. The molecular weight excluding hydrogens is 254 g/mol. The fraction of sp³-hybridized carbons (Fsp3) is 0.438. The summed E-state index contributed by atoms with van der Waals surface area (Å²) in [6.07, 6.45) is 1.07. The van der Waals surface area contributed by atoms with Crippen molar-refractivity contribution in [2.45, 2.75) is 39.3 Å². The Morgan fingerprint density at radius 1 is 1.35 bits per heavy atom. The Morgan fingerprint density at radius 2 is 2.05 bits per heavy atom. The molecule has 4 heteroatoms. The summed E-state index contributed by atoms with van der Waals surface area (Å²) in [6.45, 7) is 7.43. The van der Waals surface area contributed by atoms with Crippen LogP contribution >= 0.6 is 0 Å². The lowest BCUT2D eigenvalue weighted by molar-refractivity contribution is 0.0665. The number of nitrogens with zero attached hydrogens (tertiary/aromatic N) is 1. The Balaban J connectivity index is 2.26. The molecule has 0 amide bonds. The highest BCUT2D eigenvalue weighted by atomic mass is 16.4. The lowest BCUT2D eigenvalue weighted by Gasteiger charge is -2.34. The van der Waals surface area contributed by atoms with Gasteiger partial charge >= 0.3 is 5.97 Å². The first-order valence-corrected chi connectivity index (χ1v) is 6.80. The van der Waals surface area contributed by atoms with E-state index in [1.54, 1.807) is 6.07 Å². The number of aromatic carboxylic acids is 1. The summed E-state index contributed by atoms with van der Waals surface area (Å²) in [6, 6.07) is 7.39. The Bertz CT molecular complexity index is 628. The van der Waals surface area contributed by atoms with E-state index in [-0.39, 0.29) is 11.3 Å². The van der Waals surface area contributed by atoms with Crippen LogP contribution in [0.25, 0.3) is 11.0 Å². The van der Waals surface area contributed by atoms with E-state index in [0.717, 1.165) is 23.9 Å². The maximum atomic E-state index is 10.9. The number of furan rings is 1. The van der Waals surface area contributed by atoms with Gasteiger partial charge < -0.3 is 9.52 Å². The average Bonchev–Trinajstić information content (AvgIpc) is 2.82. The van der Waals surface area contributed by atoms with E-state index >= 15 is 0 Å². The summed E-state index contributed by atoms with van der Waals surface area (Å²) in [5.41, 5.74) is 1.90. The van der Waals surface area contributed by atoms with Crippen molar-refractivity contribution in [1.29, 1.82) is 0 Å². The molecule has 2 aromatic rings. The minimum atomic E-state index is -1.04. The van der Waals surface area contributed by atoms with E-state index in [9.17, 15) is 4.79 Å². The summed E-state index contributed by atoms with van der Waals surface area (Å²) in [4.78, 5) is 13.2. The van der Waals surface area contributed by atoms with Gasteiger partial charge in [-0.25, -0.2) is 4.79 Å². The molecular formula is C16H21NO3. The lowest BCUT2D eigenvalue weighted by atomic mass is 9.99. The zero-order valence-electron chi connectivity index (χ0n) is 12.4. The van der Waals surface area contributed by atoms with Crippen molar-refractivity contribution in [3.8, 4) is 0 Å². The van der Waals surface area contributed by atoms with Gasteiger partial charge in [-0.15, -0.1) is 0 Å². The summed E-state index contributed by atoms with van der Waals surface area (Å²) < 4.78 is 5.26. The summed E-state index contributed by atoms with van der Waals surface area (Å²) in [5, 5.41) is 9.77. The van der Waals surface area contributed by atoms with Gasteiger partial charge in [-0.1, -0.05) is 13.0 Å². The van der Waals surface area contributed by atoms with Crippen molar-refractivity contribution >= 4 is 16.9 Å². The first kappa shape index (κ1) is 14.6. The molecule has 0 aliphatic heterocycles. The standard InChI is InChI=1S/C16H21NO3/c1-5-16(2,3)17(4)10-11-6-7-13-12(8-11)9-14(20-13)15(18)19/h6-9H,5,10H2,1-4H3,(H,18,19). The highest BCUT2D eigenvalue weighted by Crippen LogP contribution is 2.24. The molecule has 1 heterocycles. The Kier molecular flexibility index (Phi) is 3.86. The van der Waals surface area contributed by atoms with Crippen LogP contribution in [0.3, 0.4) is 0 Å². The number of carboxylic acids is 1. The van der Waals surface area contributed by atoms with Gasteiger partial charge in [-0.2, -0.15) is 0 Å². The fourth-order valence-corrected chi connectivity index (χ4v) is 2.05. The van der Waals surface area contributed by atoms with Gasteiger partial charge in [0.2, 0.25) is 5.76 Å². The maximum absolute atomic E-state index is 10.9. The van der Waals surface area contributed by atoms with Crippen LogP contribution in [0, 0.1) is 0 Å². The van der Waals surface area contributed by atoms with Gasteiger partial charge in [0.1, 0.15) is 5.58 Å². The molecule has 0 saturated heterocycles. The number of benzene rings is 1. The topological polar surface area (TPSA) is 53.7 Å².